The molecule has 0 heterocycles. The predicted molar refractivity (Wildman–Crippen MR) is 110 cm³/mol. The Labute approximate surface area is 163 Å². The standard InChI is InChI=1S/C22H22BrNO2/c1-2-25-21-14-18(15-24-19-11-7-4-8-12-19)13-20(23)22(21)26-16-17-9-5-3-6-10-17/h3-14,24H,2,15-16H2,1H3. The molecule has 1 N–H and O–H groups in total. The van der Waals surface area contributed by atoms with Gasteiger partial charge in [0.25, 0.3) is 0 Å². The molecule has 0 aliphatic rings. The normalized spacial score (nSPS) is 10.4. The Morgan fingerprint density at radius 1 is 0.846 bits per heavy atom. The summed E-state index contributed by atoms with van der Waals surface area (Å²) in [4.78, 5) is 0. The van der Waals surface area contributed by atoms with Gasteiger partial charge in [-0.1, -0.05) is 48.5 Å². The van der Waals surface area contributed by atoms with Crippen LogP contribution in [-0.4, -0.2) is 6.61 Å². The van der Waals surface area contributed by atoms with Gasteiger partial charge in [-0.05, 0) is 58.2 Å². The number of anilines is 1. The summed E-state index contributed by atoms with van der Waals surface area (Å²) < 4.78 is 12.7. The maximum atomic E-state index is 6.03. The molecule has 3 rings (SSSR count). The largest absolute Gasteiger partial charge is 0.490 e. The van der Waals surface area contributed by atoms with Crippen LogP contribution in [0.1, 0.15) is 18.1 Å². The van der Waals surface area contributed by atoms with Crippen LogP contribution in [0.3, 0.4) is 0 Å². The minimum absolute atomic E-state index is 0.501. The lowest BCUT2D eigenvalue weighted by atomic mass is 10.2. The Morgan fingerprint density at radius 3 is 2.23 bits per heavy atom. The number of benzene rings is 3. The molecule has 0 aromatic heterocycles. The number of hydrogen-bond acceptors (Lipinski definition) is 3. The molecular formula is C22H22BrNO2. The lowest BCUT2D eigenvalue weighted by Crippen LogP contribution is -2.04. The molecule has 0 aliphatic carbocycles. The molecule has 0 saturated heterocycles. The van der Waals surface area contributed by atoms with Gasteiger partial charge in [0.2, 0.25) is 0 Å². The third kappa shape index (κ3) is 5.02. The van der Waals surface area contributed by atoms with Crippen LogP contribution in [0, 0.1) is 0 Å². The average molecular weight is 412 g/mol. The molecule has 0 unspecified atom stereocenters. The first-order chi connectivity index (χ1) is 12.8. The molecule has 134 valence electrons. The highest BCUT2D eigenvalue weighted by Gasteiger charge is 2.12. The zero-order valence-corrected chi connectivity index (χ0v) is 16.3. The van der Waals surface area contributed by atoms with E-state index in [9.17, 15) is 0 Å². The minimum atomic E-state index is 0.501. The Kier molecular flexibility index (Phi) is 6.56. The van der Waals surface area contributed by atoms with Crippen molar-refractivity contribution in [2.24, 2.45) is 0 Å². The molecule has 26 heavy (non-hydrogen) atoms. The molecule has 0 saturated carbocycles. The molecule has 0 spiro atoms. The molecular weight excluding hydrogens is 390 g/mol. The smallest absolute Gasteiger partial charge is 0.175 e. The highest BCUT2D eigenvalue weighted by molar-refractivity contribution is 9.10. The second kappa shape index (κ2) is 9.30. The van der Waals surface area contributed by atoms with Gasteiger partial charge >= 0.3 is 0 Å². The molecule has 0 aliphatic heterocycles. The lowest BCUT2D eigenvalue weighted by molar-refractivity contribution is 0.267. The summed E-state index contributed by atoms with van der Waals surface area (Å²) in [5, 5.41) is 3.42. The Morgan fingerprint density at radius 2 is 1.54 bits per heavy atom. The molecule has 3 aromatic rings. The minimum Gasteiger partial charge on any atom is -0.490 e. The summed E-state index contributed by atoms with van der Waals surface area (Å²) in [6.45, 7) is 3.77. The highest BCUT2D eigenvalue weighted by Crippen LogP contribution is 2.37. The van der Waals surface area contributed by atoms with Gasteiger partial charge in [-0.25, -0.2) is 0 Å². The molecule has 3 nitrogen and oxygen atoms in total. The van der Waals surface area contributed by atoms with Gasteiger partial charge < -0.3 is 14.8 Å². The SMILES string of the molecule is CCOc1cc(CNc2ccccc2)cc(Br)c1OCc1ccccc1. The Bertz CT molecular complexity index is 822. The van der Waals surface area contributed by atoms with Crippen LogP contribution in [0.25, 0.3) is 0 Å². The zero-order valence-electron chi connectivity index (χ0n) is 14.7. The van der Waals surface area contributed by atoms with Crippen molar-refractivity contribution in [1.82, 2.24) is 0 Å². The maximum Gasteiger partial charge on any atom is 0.175 e. The first-order valence-corrected chi connectivity index (χ1v) is 9.46. The Hall–Kier alpha value is -2.46. The van der Waals surface area contributed by atoms with Gasteiger partial charge in [-0.3, -0.25) is 0 Å². The second-order valence-corrected chi connectivity index (χ2v) is 6.69. The van der Waals surface area contributed by atoms with Crippen molar-refractivity contribution in [1.29, 1.82) is 0 Å². The third-order valence-electron chi connectivity index (χ3n) is 3.87. The van der Waals surface area contributed by atoms with Crippen molar-refractivity contribution >= 4 is 21.6 Å². The van der Waals surface area contributed by atoms with Crippen molar-refractivity contribution < 1.29 is 9.47 Å². The molecule has 0 amide bonds. The summed E-state index contributed by atoms with van der Waals surface area (Å²) >= 11 is 3.64. The van der Waals surface area contributed by atoms with E-state index in [2.05, 4.69) is 39.4 Å². The van der Waals surface area contributed by atoms with Gasteiger partial charge in [-0.15, -0.1) is 0 Å². The van der Waals surface area contributed by atoms with E-state index < -0.39 is 0 Å². The summed E-state index contributed by atoms with van der Waals surface area (Å²) in [6, 6.07) is 24.4. The van der Waals surface area contributed by atoms with Crippen molar-refractivity contribution in [3.8, 4) is 11.5 Å². The van der Waals surface area contributed by atoms with Crippen LogP contribution in [0.5, 0.6) is 11.5 Å². The number of para-hydroxylation sites is 1. The van der Waals surface area contributed by atoms with Gasteiger partial charge in [0.1, 0.15) is 6.61 Å². The molecule has 4 heteroatoms. The first-order valence-electron chi connectivity index (χ1n) is 8.67. The summed E-state index contributed by atoms with van der Waals surface area (Å²) in [6.07, 6.45) is 0. The van der Waals surface area contributed by atoms with Crippen LogP contribution < -0.4 is 14.8 Å². The van der Waals surface area contributed by atoms with Crippen molar-refractivity contribution in [3.63, 3.8) is 0 Å². The number of rotatable bonds is 8. The topological polar surface area (TPSA) is 30.5 Å². The number of nitrogens with one attached hydrogen (secondary N) is 1. The van der Waals surface area contributed by atoms with Crippen molar-refractivity contribution in [2.75, 3.05) is 11.9 Å². The van der Waals surface area contributed by atoms with E-state index >= 15 is 0 Å². The van der Waals surface area contributed by atoms with Crippen LogP contribution in [0.4, 0.5) is 5.69 Å². The quantitative estimate of drug-likeness (QED) is 0.489. The average Bonchev–Trinajstić information content (AvgIpc) is 2.67. The fourth-order valence-electron chi connectivity index (χ4n) is 2.62. The van der Waals surface area contributed by atoms with E-state index in [1.165, 1.54) is 0 Å². The zero-order chi connectivity index (χ0) is 18.2. The Balaban J connectivity index is 1.74. The van der Waals surface area contributed by atoms with Crippen LogP contribution in [0.2, 0.25) is 0 Å². The van der Waals surface area contributed by atoms with E-state index in [1.54, 1.807) is 0 Å². The van der Waals surface area contributed by atoms with Crippen LogP contribution in [-0.2, 0) is 13.2 Å². The van der Waals surface area contributed by atoms with Gasteiger partial charge in [0, 0.05) is 12.2 Å². The summed E-state index contributed by atoms with van der Waals surface area (Å²) in [5.41, 5.74) is 3.33. The number of hydrogen-bond donors (Lipinski definition) is 1. The fraction of sp³-hybridized carbons (Fsp3) is 0.182. The van der Waals surface area contributed by atoms with Gasteiger partial charge in [0.15, 0.2) is 11.5 Å². The fourth-order valence-corrected chi connectivity index (χ4v) is 3.22. The maximum absolute atomic E-state index is 6.03. The summed E-state index contributed by atoms with van der Waals surface area (Å²) in [5.74, 6) is 1.49. The highest BCUT2D eigenvalue weighted by atomic mass is 79.9. The second-order valence-electron chi connectivity index (χ2n) is 5.83. The number of halogens is 1. The van der Waals surface area contributed by atoms with Crippen LogP contribution >= 0.6 is 15.9 Å². The third-order valence-corrected chi connectivity index (χ3v) is 4.45. The van der Waals surface area contributed by atoms with E-state index in [4.69, 9.17) is 9.47 Å². The molecule has 0 fully saturated rings. The van der Waals surface area contributed by atoms with Crippen molar-refractivity contribution in [2.45, 2.75) is 20.1 Å². The molecule has 3 aromatic carbocycles. The molecule has 0 bridgehead atoms. The number of ether oxygens (including phenoxy) is 2. The first kappa shape index (κ1) is 18.3. The lowest BCUT2D eigenvalue weighted by Gasteiger charge is -2.16. The monoisotopic (exact) mass is 411 g/mol. The van der Waals surface area contributed by atoms with E-state index in [0.29, 0.717) is 19.8 Å². The van der Waals surface area contributed by atoms with Gasteiger partial charge in [-0.2, -0.15) is 0 Å². The molecule has 0 atom stereocenters. The van der Waals surface area contributed by atoms with Gasteiger partial charge in [0.05, 0.1) is 11.1 Å². The van der Waals surface area contributed by atoms with Crippen LogP contribution in [0.15, 0.2) is 77.3 Å². The predicted octanol–water partition coefficient (Wildman–Crippen LogP) is 6.04. The molecule has 0 radical (unpaired) electrons. The van der Waals surface area contributed by atoms with Crippen molar-refractivity contribution in [3.05, 3.63) is 88.4 Å². The van der Waals surface area contributed by atoms with E-state index in [0.717, 1.165) is 32.8 Å². The van der Waals surface area contributed by atoms with E-state index in [-0.39, 0.29) is 0 Å². The van der Waals surface area contributed by atoms with E-state index in [1.807, 2.05) is 61.5 Å². The summed E-state index contributed by atoms with van der Waals surface area (Å²) in [7, 11) is 0.